The smallest absolute Gasteiger partial charge is 0.569 e. The second kappa shape index (κ2) is 2.81. The van der Waals surface area contributed by atoms with Crippen molar-refractivity contribution in [3.63, 3.8) is 0 Å². The first-order valence-electron chi connectivity index (χ1n) is 2.60. The van der Waals surface area contributed by atoms with Crippen molar-refractivity contribution in [2.45, 2.75) is 4.90 Å². The molecule has 0 radical (unpaired) electrons. The van der Waals surface area contributed by atoms with Crippen LogP contribution in [0.2, 0.25) is 0 Å². The van der Waals surface area contributed by atoms with E-state index in [0.717, 1.165) is 12.4 Å². The van der Waals surface area contributed by atoms with E-state index in [1.54, 1.807) is 0 Å². The third-order valence-corrected chi connectivity index (χ3v) is 1.25. The first kappa shape index (κ1) is 7.89. The molecule has 1 aromatic rings. The van der Waals surface area contributed by atoms with Crippen molar-refractivity contribution in [1.29, 1.82) is 0 Å². The molecule has 0 fully saturated rings. The molecule has 0 aliphatic rings. The Labute approximate surface area is 67.2 Å². The Hall–Kier alpha value is -1.21. The average molecular weight is 175 g/mol. The third-order valence-electron chi connectivity index (χ3n) is 1.02. The van der Waals surface area contributed by atoms with Gasteiger partial charge in [0.1, 0.15) is 17.3 Å². The lowest BCUT2D eigenvalue weighted by molar-refractivity contribution is -0.724. The number of hydrogen-bond donors (Lipinski definition) is 3. The molecule has 7 heteroatoms. The zero-order valence-corrected chi connectivity index (χ0v) is 6.15. The van der Waals surface area contributed by atoms with E-state index in [0.29, 0.717) is 0 Å². The fraction of sp³-hybridized carbons (Fsp3) is 0. The highest BCUT2D eigenvalue weighted by Crippen LogP contribution is 1.98. The lowest BCUT2D eigenvalue weighted by atomic mass is 10.6. The molecule has 0 aromatic carbocycles. The Morgan fingerprint density at radius 2 is 1.82 bits per heavy atom. The Bertz CT molecular complexity index is 256. The Morgan fingerprint density at radius 1 is 1.36 bits per heavy atom. The number of anilines is 1. The zero-order valence-electron chi connectivity index (χ0n) is 5.26. The van der Waals surface area contributed by atoms with Gasteiger partial charge in [-0.25, -0.2) is 0 Å². The molecular weight excluding hydrogens is 170 g/mol. The lowest BCUT2D eigenvalue weighted by Crippen LogP contribution is -2.45. The topological polar surface area (TPSA) is 86.1 Å². The summed E-state index contributed by atoms with van der Waals surface area (Å²) in [7, 11) is 0. The molecule has 0 aliphatic carbocycles. The molecule has 0 amide bonds. The minimum Gasteiger partial charge on any atom is -0.675 e. The lowest BCUT2D eigenvalue weighted by Gasteiger charge is -2.05. The third kappa shape index (κ3) is 1.44. The number of nitrogens with zero attached hydrogens (tertiary/aromatic N) is 2. The van der Waals surface area contributed by atoms with Gasteiger partial charge in [0.2, 0.25) is 0 Å². The van der Waals surface area contributed by atoms with Crippen LogP contribution in [0.25, 0.3) is 0 Å². The summed E-state index contributed by atoms with van der Waals surface area (Å²) in [4.78, 5) is 0.217. The van der Waals surface area contributed by atoms with Crippen LogP contribution in [0.1, 0.15) is 0 Å². The van der Waals surface area contributed by atoms with Crippen LogP contribution in [0.5, 0.6) is 0 Å². The van der Waals surface area contributed by atoms with E-state index in [-0.39, 0.29) is 14.4 Å². The van der Waals surface area contributed by atoms with Crippen molar-refractivity contribution in [2.75, 3.05) is 5.48 Å². The van der Waals surface area contributed by atoms with Gasteiger partial charge in [-0.2, -0.15) is 5.21 Å². The van der Waals surface area contributed by atoms with Crippen LogP contribution in [0, 0.1) is 10.4 Å². The van der Waals surface area contributed by atoms with E-state index >= 15 is 0 Å². The van der Waals surface area contributed by atoms with E-state index in [1.165, 1.54) is 5.48 Å². The summed E-state index contributed by atoms with van der Waals surface area (Å²) >= 11 is 3.76. The average Bonchev–Trinajstić information content (AvgIpc) is 1.85. The van der Waals surface area contributed by atoms with Crippen molar-refractivity contribution >= 4 is 18.6 Å². The number of hydrogen-bond acceptors (Lipinski definition) is 5. The second-order valence-corrected chi connectivity index (χ2v) is 2.29. The molecule has 11 heavy (non-hydrogen) atoms. The molecule has 1 aromatic heterocycles. The molecule has 0 unspecified atom stereocenters. The first-order chi connectivity index (χ1) is 5.15. The van der Waals surface area contributed by atoms with Crippen molar-refractivity contribution < 1.29 is 14.7 Å². The maximum Gasteiger partial charge on any atom is 0.569 e. The molecule has 0 saturated heterocycles. The van der Waals surface area contributed by atoms with E-state index in [2.05, 4.69) is 12.6 Å². The SMILES string of the molecule is [O-][n+]1cc(S)c[n+]([O-])c1NO. The standard InChI is InChI=1S/C4H5N3O3S/c8-5-4-6(9)1-3(11)2-7(4)10/h1-2,5,8,11H. The summed E-state index contributed by atoms with van der Waals surface area (Å²) < 4.78 is 0.352. The summed E-state index contributed by atoms with van der Waals surface area (Å²) in [5.74, 6) is -0.511. The second-order valence-electron chi connectivity index (χ2n) is 1.77. The molecular formula is C4H5N3O3S. The molecule has 0 bridgehead atoms. The van der Waals surface area contributed by atoms with Gasteiger partial charge in [0.15, 0.2) is 0 Å². The van der Waals surface area contributed by atoms with Gasteiger partial charge in [0.05, 0.1) is 0 Å². The molecule has 2 N–H and O–H groups in total. The van der Waals surface area contributed by atoms with Crippen molar-refractivity contribution in [3.05, 3.63) is 22.8 Å². The molecule has 1 rings (SSSR count). The highest BCUT2D eigenvalue weighted by Gasteiger charge is 2.14. The fourth-order valence-corrected chi connectivity index (χ4v) is 0.801. The number of nitrogens with one attached hydrogen (secondary N) is 1. The van der Waals surface area contributed by atoms with E-state index in [4.69, 9.17) is 5.21 Å². The van der Waals surface area contributed by atoms with Crippen LogP contribution in [0.3, 0.4) is 0 Å². The van der Waals surface area contributed by atoms with Crippen LogP contribution in [-0.2, 0) is 0 Å². The predicted octanol–water partition coefficient (Wildman–Crippen LogP) is -0.957. The minimum absolute atomic E-state index is 0.176. The van der Waals surface area contributed by atoms with E-state index in [9.17, 15) is 10.4 Å². The van der Waals surface area contributed by atoms with Gasteiger partial charge in [-0.1, -0.05) is 0 Å². The maximum atomic E-state index is 10.7. The number of rotatable bonds is 1. The molecule has 6 nitrogen and oxygen atoms in total. The normalized spacial score (nSPS) is 9.64. The Balaban J connectivity index is 3.25. The highest BCUT2D eigenvalue weighted by molar-refractivity contribution is 7.80. The van der Waals surface area contributed by atoms with Crippen LogP contribution >= 0.6 is 12.6 Å². The van der Waals surface area contributed by atoms with Gasteiger partial charge in [-0.05, 0) is 5.48 Å². The fourth-order valence-electron chi connectivity index (χ4n) is 0.592. The van der Waals surface area contributed by atoms with E-state index in [1.807, 2.05) is 0 Å². The first-order valence-corrected chi connectivity index (χ1v) is 3.05. The molecule has 60 valence electrons. The van der Waals surface area contributed by atoms with Crippen LogP contribution < -0.4 is 14.9 Å². The molecule has 0 aliphatic heterocycles. The molecule has 0 saturated carbocycles. The zero-order chi connectivity index (χ0) is 8.43. The highest BCUT2D eigenvalue weighted by atomic mass is 32.1. The molecule has 0 spiro atoms. The van der Waals surface area contributed by atoms with Gasteiger partial charge in [0, 0.05) is 0 Å². The van der Waals surface area contributed by atoms with Gasteiger partial charge in [-0.3, -0.25) is 0 Å². The predicted molar refractivity (Wildman–Crippen MR) is 37.0 cm³/mol. The van der Waals surface area contributed by atoms with Crippen LogP contribution in [-0.4, -0.2) is 5.21 Å². The van der Waals surface area contributed by atoms with Gasteiger partial charge >= 0.3 is 5.95 Å². The summed E-state index contributed by atoms with van der Waals surface area (Å²) in [5, 5.41) is 29.7. The van der Waals surface area contributed by atoms with Crippen molar-refractivity contribution in [3.8, 4) is 0 Å². The summed E-state index contributed by atoms with van der Waals surface area (Å²) in [6.45, 7) is 0. The molecule has 0 atom stereocenters. The van der Waals surface area contributed by atoms with Crippen LogP contribution in [0.4, 0.5) is 5.95 Å². The summed E-state index contributed by atoms with van der Waals surface area (Å²) in [6, 6.07) is 0. The Kier molecular flexibility index (Phi) is 2.01. The minimum atomic E-state index is -0.511. The van der Waals surface area contributed by atoms with Gasteiger partial charge < -0.3 is 10.4 Å². The monoisotopic (exact) mass is 175 g/mol. The largest absolute Gasteiger partial charge is 0.675 e. The quantitative estimate of drug-likeness (QED) is 0.222. The molecule has 1 heterocycles. The van der Waals surface area contributed by atoms with Crippen molar-refractivity contribution in [1.82, 2.24) is 0 Å². The van der Waals surface area contributed by atoms with E-state index < -0.39 is 5.95 Å². The van der Waals surface area contributed by atoms with Gasteiger partial charge in [0.25, 0.3) is 0 Å². The summed E-state index contributed by atoms with van der Waals surface area (Å²) in [5.41, 5.74) is 1.46. The Morgan fingerprint density at radius 3 is 2.18 bits per heavy atom. The summed E-state index contributed by atoms with van der Waals surface area (Å²) in [6.07, 6.45) is 2.08. The van der Waals surface area contributed by atoms with Crippen molar-refractivity contribution in [2.24, 2.45) is 0 Å². The van der Waals surface area contributed by atoms with Gasteiger partial charge in [-0.15, -0.1) is 22.1 Å². The number of thiol groups is 1. The number of aromatic nitrogens is 2. The van der Waals surface area contributed by atoms with Crippen LogP contribution in [0.15, 0.2) is 17.3 Å². The maximum absolute atomic E-state index is 10.7.